The Hall–Kier alpha value is 0.720. The van der Waals surface area contributed by atoms with Crippen LogP contribution in [0.1, 0.15) is 143 Å². The highest BCUT2D eigenvalue weighted by Gasteiger charge is 2.34. The Balaban J connectivity index is 0. The molecule has 0 radical (unpaired) electrons. The van der Waals surface area contributed by atoms with Crippen LogP contribution in [-0.4, -0.2) is 24.6 Å². The van der Waals surface area contributed by atoms with Gasteiger partial charge in [0.25, 0.3) is 0 Å². The fraction of sp³-hybridized carbons (Fsp3) is 1.00. The molecule has 0 saturated carbocycles. The van der Waals surface area contributed by atoms with E-state index in [0.29, 0.717) is 0 Å². The molecule has 0 nitrogen and oxygen atoms in total. The van der Waals surface area contributed by atoms with E-state index in [9.17, 15) is 0 Å². The van der Waals surface area contributed by atoms with Crippen molar-refractivity contribution in [3.63, 3.8) is 0 Å². The fourth-order valence-electron chi connectivity index (χ4n) is 4.44. The molecule has 0 aliphatic heterocycles. The Bertz CT molecular complexity index is 258. The molecular weight excluding hydrogens is 379 g/mol. The third-order valence-corrected chi connectivity index (χ3v) is 11.5. The van der Waals surface area contributed by atoms with Crippen LogP contribution in [0.15, 0.2) is 0 Å². The van der Waals surface area contributed by atoms with E-state index in [-0.39, 0.29) is 12.4 Å². The molecule has 0 saturated heterocycles. The van der Waals surface area contributed by atoms with E-state index in [1.54, 1.807) is 31.1 Å². The lowest BCUT2D eigenvalue weighted by Gasteiger charge is -2.28. The molecule has 0 aromatic rings. The van der Waals surface area contributed by atoms with Crippen molar-refractivity contribution < 1.29 is 0 Å². The highest BCUT2D eigenvalue weighted by molar-refractivity contribution is 7.75. The summed E-state index contributed by atoms with van der Waals surface area (Å²) in [5.74, 6) is 0. The maximum absolute atomic E-state index is 2.39. The highest BCUT2D eigenvalue weighted by Crippen LogP contribution is 2.61. The Morgan fingerprint density at radius 3 is 0.893 bits per heavy atom. The first-order chi connectivity index (χ1) is 13.2. The van der Waals surface area contributed by atoms with E-state index in [1.165, 1.54) is 109 Å². The molecule has 172 valence electrons. The van der Waals surface area contributed by atoms with E-state index >= 15 is 0 Å². The second-order valence-corrected chi connectivity index (χ2v) is 13.7. The quantitative estimate of drug-likeness (QED) is 0.117. The SMILES string of the molecule is CCCCCCCCCCCCCC[P+](CCCC)(CCCC)CCCC.Cl. The summed E-state index contributed by atoms with van der Waals surface area (Å²) in [7, 11) is -0.626. The van der Waals surface area contributed by atoms with Crippen molar-refractivity contribution >= 4 is 19.7 Å². The molecule has 2 heteroatoms. The molecule has 0 fully saturated rings. The van der Waals surface area contributed by atoms with Gasteiger partial charge in [-0.1, -0.05) is 111 Å². The van der Waals surface area contributed by atoms with Crippen LogP contribution >= 0.6 is 19.7 Å². The molecule has 0 heterocycles. The zero-order valence-corrected chi connectivity index (χ0v) is 22.1. The Kier molecular flexibility index (Phi) is 26.5. The van der Waals surface area contributed by atoms with Gasteiger partial charge < -0.3 is 0 Å². The normalized spacial score (nSPS) is 11.6. The second-order valence-electron chi connectivity index (χ2n) is 9.19. The van der Waals surface area contributed by atoms with Crippen molar-refractivity contribution in [2.24, 2.45) is 0 Å². The molecule has 0 aliphatic carbocycles. The Morgan fingerprint density at radius 1 is 0.321 bits per heavy atom. The van der Waals surface area contributed by atoms with Crippen molar-refractivity contribution in [2.45, 2.75) is 143 Å². The standard InChI is InChI=1S/C26H56P.ClH/c1-5-9-13-14-15-16-17-18-19-20-21-22-26-27(23-10-6-2,24-11-7-3)25-12-8-4;/h5-26H2,1-4H3;1H/q+1;. The number of halogens is 1. The molecule has 0 rings (SSSR count). The van der Waals surface area contributed by atoms with Crippen LogP contribution in [0, 0.1) is 0 Å². The van der Waals surface area contributed by atoms with Gasteiger partial charge in [-0.15, -0.1) is 12.4 Å². The summed E-state index contributed by atoms with van der Waals surface area (Å²) < 4.78 is 0. The predicted molar refractivity (Wildman–Crippen MR) is 139 cm³/mol. The van der Waals surface area contributed by atoms with E-state index in [0.717, 1.165) is 0 Å². The summed E-state index contributed by atoms with van der Waals surface area (Å²) in [6.45, 7) is 9.47. The number of rotatable bonds is 22. The highest BCUT2D eigenvalue weighted by atomic mass is 35.5. The Morgan fingerprint density at radius 2 is 0.571 bits per heavy atom. The minimum absolute atomic E-state index is 0. The zero-order valence-electron chi connectivity index (χ0n) is 20.4. The molecular formula is C26H57ClP+. The van der Waals surface area contributed by atoms with Crippen molar-refractivity contribution in [2.75, 3.05) is 24.6 Å². The van der Waals surface area contributed by atoms with Crippen molar-refractivity contribution in [3.8, 4) is 0 Å². The second kappa shape index (κ2) is 24.0. The third-order valence-electron chi connectivity index (χ3n) is 6.44. The average Bonchev–Trinajstić information content (AvgIpc) is 2.69. The van der Waals surface area contributed by atoms with Gasteiger partial charge >= 0.3 is 0 Å². The van der Waals surface area contributed by atoms with E-state index in [1.807, 2.05) is 0 Å². The molecule has 0 aliphatic rings. The maximum Gasteiger partial charge on any atom is 0.0594 e. The lowest BCUT2D eigenvalue weighted by Crippen LogP contribution is -2.13. The van der Waals surface area contributed by atoms with Crippen molar-refractivity contribution in [1.29, 1.82) is 0 Å². The van der Waals surface area contributed by atoms with Gasteiger partial charge in [-0.25, -0.2) is 0 Å². The number of hydrogen-bond acceptors (Lipinski definition) is 0. The molecule has 0 spiro atoms. The van der Waals surface area contributed by atoms with E-state index < -0.39 is 7.26 Å². The summed E-state index contributed by atoms with van der Waals surface area (Å²) in [6, 6.07) is 0. The lowest BCUT2D eigenvalue weighted by molar-refractivity contribution is 0.548. The largest absolute Gasteiger partial charge is 0.147 e. The van der Waals surface area contributed by atoms with Crippen LogP contribution in [0.2, 0.25) is 0 Å². The fourth-order valence-corrected chi connectivity index (χ4v) is 9.64. The van der Waals surface area contributed by atoms with E-state index in [4.69, 9.17) is 0 Å². The minimum Gasteiger partial charge on any atom is -0.147 e. The molecule has 0 unspecified atom stereocenters. The van der Waals surface area contributed by atoms with Crippen LogP contribution in [0.3, 0.4) is 0 Å². The van der Waals surface area contributed by atoms with Crippen molar-refractivity contribution in [3.05, 3.63) is 0 Å². The molecule has 0 amide bonds. The first-order valence-corrected chi connectivity index (χ1v) is 15.6. The predicted octanol–water partition coefficient (Wildman–Crippen LogP) is 10.5. The number of hydrogen-bond donors (Lipinski definition) is 0. The summed E-state index contributed by atoms with van der Waals surface area (Å²) >= 11 is 0. The summed E-state index contributed by atoms with van der Waals surface area (Å²) in [6.07, 6.45) is 33.0. The number of unbranched alkanes of at least 4 members (excludes halogenated alkanes) is 14. The smallest absolute Gasteiger partial charge is 0.0594 e. The first-order valence-electron chi connectivity index (χ1n) is 13.1. The molecule has 0 N–H and O–H groups in total. The van der Waals surface area contributed by atoms with Crippen LogP contribution in [0.25, 0.3) is 0 Å². The van der Waals surface area contributed by atoms with Gasteiger partial charge in [0.05, 0.1) is 24.6 Å². The van der Waals surface area contributed by atoms with Gasteiger partial charge in [0.15, 0.2) is 0 Å². The third kappa shape index (κ3) is 18.7. The molecule has 28 heavy (non-hydrogen) atoms. The molecule has 0 atom stereocenters. The van der Waals surface area contributed by atoms with Gasteiger partial charge in [-0.3, -0.25) is 0 Å². The van der Waals surface area contributed by atoms with Crippen LogP contribution in [0.4, 0.5) is 0 Å². The lowest BCUT2D eigenvalue weighted by atomic mass is 10.1. The first kappa shape index (κ1) is 30.9. The van der Waals surface area contributed by atoms with Crippen molar-refractivity contribution in [1.82, 2.24) is 0 Å². The molecule has 0 bridgehead atoms. The summed E-state index contributed by atoms with van der Waals surface area (Å²) in [4.78, 5) is 0. The zero-order chi connectivity index (χ0) is 20.1. The van der Waals surface area contributed by atoms with Crippen LogP contribution in [-0.2, 0) is 0 Å². The van der Waals surface area contributed by atoms with Gasteiger partial charge in [0.2, 0.25) is 0 Å². The minimum atomic E-state index is -0.626. The van der Waals surface area contributed by atoms with Gasteiger partial charge in [0.1, 0.15) is 0 Å². The van der Waals surface area contributed by atoms with Gasteiger partial charge in [-0.05, 0) is 32.1 Å². The van der Waals surface area contributed by atoms with Gasteiger partial charge in [-0.2, -0.15) is 0 Å². The average molecular weight is 436 g/mol. The molecule has 0 aromatic carbocycles. The topological polar surface area (TPSA) is 0 Å². The monoisotopic (exact) mass is 435 g/mol. The maximum atomic E-state index is 2.39. The Labute approximate surface area is 187 Å². The van der Waals surface area contributed by atoms with Gasteiger partial charge in [0, 0.05) is 7.26 Å². The summed E-state index contributed by atoms with van der Waals surface area (Å²) in [5, 5.41) is 0. The van der Waals surface area contributed by atoms with Crippen LogP contribution in [0.5, 0.6) is 0 Å². The van der Waals surface area contributed by atoms with Crippen LogP contribution < -0.4 is 0 Å². The molecule has 0 aromatic heterocycles. The summed E-state index contributed by atoms with van der Waals surface area (Å²) in [5.41, 5.74) is 0. The van der Waals surface area contributed by atoms with E-state index in [2.05, 4.69) is 27.7 Å².